The van der Waals surface area contributed by atoms with Crippen LogP contribution in [0.4, 0.5) is 5.82 Å². The highest BCUT2D eigenvalue weighted by molar-refractivity contribution is 5.35. The van der Waals surface area contributed by atoms with E-state index in [1.165, 1.54) is 5.56 Å². The second-order valence-electron chi connectivity index (χ2n) is 7.39. The topological polar surface area (TPSA) is 46.6 Å². The van der Waals surface area contributed by atoms with Crippen LogP contribution in [0.25, 0.3) is 0 Å². The highest BCUT2D eigenvalue weighted by Crippen LogP contribution is 2.35. The Morgan fingerprint density at radius 1 is 1.31 bits per heavy atom. The van der Waals surface area contributed by atoms with E-state index >= 15 is 0 Å². The van der Waals surface area contributed by atoms with Gasteiger partial charge in [-0.1, -0.05) is 18.2 Å². The fraction of sp³-hybridized carbons (Fsp3) is 0.476. The number of nitrogens with one attached hydrogen (secondary N) is 1. The molecule has 1 N–H and O–H groups in total. The lowest BCUT2D eigenvalue weighted by atomic mass is 9.89. The molecule has 1 aromatic heterocycles. The Morgan fingerprint density at radius 3 is 3.12 bits per heavy atom. The number of benzene rings is 1. The molecular formula is C21H27N3O2. The van der Waals surface area contributed by atoms with E-state index in [9.17, 15) is 0 Å². The zero-order valence-electron chi connectivity index (χ0n) is 15.4. The molecule has 138 valence electrons. The van der Waals surface area contributed by atoms with Crippen LogP contribution in [0.5, 0.6) is 5.75 Å². The van der Waals surface area contributed by atoms with E-state index in [0.717, 1.165) is 57.1 Å². The van der Waals surface area contributed by atoms with Crippen LogP contribution in [0.2, 0.25) is 0 Å². The normalized spacial score (nSPS) is 26.1. The van der Waals surface area contributed by atoms with Gasteiger partial charge >= 0.3 is 0 Å². The van der Waals surface area contributed by atoms with Crippen molar-refractivity contribution >= 4 is 5.82 Å². The van der Waals surface area contributed by atoms with Crippen LogP contribution in [0.3, 0.4) is 0 Å². The van der Waals surface area contributed by atoms with Gasteiger partial charge in [0.25, 0.3) is 0 Å². The van der Waals surface area contributed by atoms with Crippen LogP contribution in [0.15, 0.2) is 48.7 Å². The van der Waals surface area contributed by atoms with Gasteiger partial charge in [0, 0.05) is 38.5 Å². The number of rotatable bonds is 5. The van der Waals surface area contributed by atoms with Gasteiger partial charge in [-0.15, -0.1) is 0 Å². The van der Waals surface area contributed by atoms with Crippen molar-refractivity contribution in [2.75, 3.05) is 32.1 Å². The van der Waals surface area contributed by atoms with Crippen LogP contribution in [-0.2, 0) is 11.3 Å². The van der Waals surface area contributed by atoms with E-state index in [4.69, 9.17) is 9.47 Å². The summed E-state index contributed by atoms with van der Waals surface area (Å²) < 4.78 is 11.6. The summed E-state index contributed by atoms with van der Waals surface area (Å²) in [6.45, 7) is 3.83. The number of nitrogens with zero attached hydrogens (tertiary/aromatic N) is 2. The third kappa shape index (κ3) is 4.00. The van der Waals surface area contributed by atoms with E-state index < -0.39 is 0 Å². The van der Waals surface area contributed by atoms with Crippen LogP contribution in [0, 0.1) is 0 Å². The number of hydrogen-bond acceptors (Lipinski definition) is 5. The first-order valence-corrected chi connectivity index (χ1v) is 9.42. The lowest BCUT2D eigenvalue weighted by molar-refractivity contribution is -0.0737. The first-order valence-electron chi connectivity index (χ1n) is 9.42. The Hall–Kier alpha value is -2.11. The van der Waals surface area contributed by atoms with E-state index in [2.05, 4.69) is 33.4 Å². The Morgan fingerprint density at radius 2 is 2.27 bits per heavy atom. The molecule has 0 aliphatic carbocycles. The Labute approximate surface area is 155 Å². The van der Waals surface area contributed by atoms with Gasteiger partial charge in [0.15, 0.2) is 0 Å². The first kappa shape index (κ1) is 17.3. The maximum absolute atomic E-state index is 6.28. The molecule has 26 heavy (non-hydrogen) atoms. The van der Waals surface area contributed by atoms with Crippen molar-refractivity contribution in [1.29, 1.82) is 0 Å². The lowest BCUT2D eigenvalue weighted by Gasteiger charge is -2.38. The Kier molecular flexibility index (Phi) is 5.09. The molecule has 2 aliphatic heterocycles. The van der Waals surface area contributed by atoms with Crippen molar-refractivity contribution in [1.82, 2.24) is 9.88 Å². The van der Waals surface area contributed by atoms with Crippen molar-refractivity contribution in [3.8, 4) is 5.75 Å². The summed E-state index contributed by atoms with van der Waals surface area (Å²) in [4.78, 5) is 6.90. The maximum Gasteiger partial charge on any atom is 0.126 e. The van der Waals surface area contributed by atoms with Gasteiger partial charge in [0.05, 0.1) is 12.7 Å². The van der Waals surface area contributed by atoms with E-state index in [1.807, 2.05) is 30.5 Å². The van der Waals surface area contributed by atoms with Gasteiger partial charge in [-0.05, 0) is 49.1 Å². The molecule has 2 aliphatic rings. The molecule has 0 unspecified atom stereocenters. The summed E-state index contributed by atoms with van der Waals surface area (Å²) in [5.41, 5.74) is 1.27. The van der Waals surface area contributed by atoms with Gasteiger partial charge in [-0.3, -0.25) is 4.90 Å². The highest BCUT2D eigenvalue weighted by Gasteiger charge is 2.43. The summed E-state index contributed by atoms with van der Waals surface area (Å²) in [6, 6.07) is 14.8. The molecule has 2 atom stereocenters. The zero-order valence-corrected chi connectivity index (χ0v) is 15.4. The number of likely N-dealkylation sites (tertiary alicyclic amines) is 1. The average molecular weight is 353 g/mol. The average Bonchev–Trinajstić information content (AvgIpc) is 3.04. The second kappa shape index (κ2) is 7.64. The van der Waals surface area contributed by atoms with Crippen LogP contribution in [-0.4, -0.2) is 48.3 Å². The van der Waals surface area contributed by atoms with Crippen LogP contribution < -0.4 is 10.1 Å². The maximum atomic E-state index is 6.28. The standard InChI is InChI=1S/C21H27N3O2/c1-25-19-6-4-5-17(13-19)15-24-11-9-21(16-24)14-18(8-12-26-21)23-20-7-2-3-10-22-20/h2-7,10,13,18H,8-9,11-12,14-16H2,1H3,(H,22,23)/t18-,21+/m0/s1. The fourth-order valence-electron chi connectivity index (χ4n) is 4.18. The number of anilines is 1. The molecule has 0 amide bonds. The van der Waals surface area contributed by atoms with Gasteiger partial charge in [0.2, 0.25) is 0 Å². The Balaban J connectivity index is 1.37. The number of pyridine rings is 1. The summed E-state index contributed by atoms with van der Waals surface area (Å²) >= 11 is 0. The molecule has 5 heteroatoms. The molecule has 1 spiro atoms. The number of aromatic nitrogens is 1. The summed E-state index contributed by atoms with van der Waals surface area (Å²) in [5.74, 6) is 1.88. The second-order valence-corrected chi connectivity index (χ2v) is 7.39. The minimum Gasteiger partial charge on any atom is -0.497 e. The smallest absolute Gasteiger partial charge is 0.126 e. The quantitative estimate of drug-likeness (QED) is 0.893. The third-order valence-electron chi connectivity index (χ3n) is 5.45. The van der Waals surface area contributed by atoms with Crippen molar-refractivity contribution in [3.63, 3.8) is 0 Å². The predicted molar refractivity (Wildman–Crippen MR) is 102 cm³/mol. The van der Waals surface area contributed by atoms with Crippen molar-refractivity contribution < 1.29 is 9.47 Å². The van der Waals surface area contributed by atoms with E-state index in [1.54, 1.807) is 7.11 Å². The van der Waals surface area contributed by atoms with Gasteiger partial charge in [0.1, 0.15) is 11.6 Å². The Bertz CT molecular complexity index is 724. The molecule has 3 heterocycles. The number of ether oxygens (including phenoxy) is 2. The van der Waals surface area contributed by atoms with Gasteiger partial charge in [-0.25, -0.2) is 4.98 Å². The molecule has 4 rings (SSSR count). The molecular weight excluding hydrogens is 326 g/mol. The monoisotopic (exact) mass is 353 g/mol. The fourth-order valence-corrected chi connectivity index (χ4v) is 4.18. The van der Waals surface area contributed by atoms with Crippen molar-refractivity contribution in [2.24, 2.45) is 0 Å². The SMILES string of the molecule is COc1cccc(CN2CC[C@@]3(C[C@@H](Nc4ccccn4)CCO3)C2)c1. The van der Waals surface area contributed by atoms with Crippen LogP contribution in [0.1, 0.15) is 24.8 Å². The minimum absolute atomic E-state index is 0.0242. The zero-order chi connectivity index (χ0) is 17.8. The van der Waals surface area contributed by atoms with Crippen molar-refractivity contribution in [3.05, 3.63) is 54.2 Å². The number of methoxy groups -OCH3 is 1. The number of hydrogen-bond donors (Lipinski definition) is 1. The third-order valence-corrected chi connectivity index (χ3v) is 5.45. The minimum atomic E-state index is -0.0242. The largest absolute Gasteiger partial charge is 0.497 e. The van der Waals surface area contributed by atoms with Gasteiger partial charge in [-0.2, -0.15) is 0 Å². The summed E-state index contributed by atoms with van der Waals surface area (Å²) in [6.07, 6.45) is 5.01. The predicted octanol–water partition coefficient (Wildman–Crippen LogP) is 3.33. The lowest BCUT2D eigenvalue weighted by Crippen LogP contribution is -2.46. The van der Waals surface area contributed by atoms with E-state index in [-0.39, 0.29) is 5.60 Å². The molecule has 2 saturated heterocycles. The molecule has 2 aromatic rings. The highest BCUT2D eigenvalue weighted by atomic mass is 16.5. The molecule has 0 radical (unpaired) electrons. The molecule has 0 saturated carbocycles. The van der Waals surface area contributed by atoms with E-state index in [0.29, 0.717) is 6.04 Å². The summed E-state index contributed by atoms with van der Waals surface area (Å²) in [7, 11) is 1.72. The first-order chi connectivity index (χ1) is 12.7. The van der Waals surface area contributed by atoms with Crippen LogP contribution >= 0.6 is 0 Å². The summed E-state index contributed by atoms with van der Waals surface area (Å²) in [5, 5.41) is 3.59. The molecule has 0 bridgehead atoms. The molecule has 5 nitrogen and oxygen atoms in total. The molecule has 1 aromatic carbocycles. The van der Waals surface area contributed by atoms with Crippen molar-refractivity contribution in [2.45, 2.75) is 37.5 Å². The molecule has 2 fully saturated rings. The van der Waals surface area contributed by atoms with Gasteiger partial charge < -0.3 is 14.8 Å².